The Bertz CT molecular complexity index is 406. The van der Waals surface area contributed by atoms with Gasteiger partial charge >= 0.3 is 5.97 Å². The molecule has 1 N–H and O–H groups in total. The Labute approximate surface area is 108 Å². The number of rotatable bonds is 2. The Morgan fingerprint density at radius 3 is 2.28 bits per heavy atom. The largest absolute Gasteiger partial charge is 0.465 e. The molecule has 1 fully saturated rings. The summed E-state index contributed by atoms with van der Waals surface area (Å²) in [4.78, 5) is 13.7. The summed E-state index contributed by atoms with van der Waals surface area (Å²) in [5.74, 6) is -0.288. The minimum Gasteiger partial charge on any atom is -0.465 e. The first-order valence-corrected chi connectivity index (χ1v) is 6.29. The van der Waals surface area contributed by atoms with Gasteiger partial charge in [-0.25, -0.2) is 4.79 Å². The third-order valence-electron chi connectivity index (χ3n) is 3.21. The number of anilines is 1. The van der Waals surface area contributed by atoms with Crippen molar-refractivity contribution in [1.82, 2.24) is 5.32 Å². The number of hydrogen-bond acceptors (Lipinski definition) is 4. The maximum atomic E-state index is 11.4. The van der Waals surface area contributed by atoms with Gasteiger partial charge in [0.05, 0.1) is 12.7 Å². The van der Waals surface area contributed by atoms with E-state index in [4.69, 9.17) is 4.74 Å². The molecular weight excluding hydrogens is 228 g/mol. The van der Waals surface area contributed by atoms with Gasteiger partial charge in [0.1, 0.15) is 0 Å². The Hall–Kier alpha value is -1.55. The molecule has 2 rings (SSSR count). The van der Waals surface area contributed by atoms with Crippen LogP contribution in [0, 0.1) is 0 Å². The van der Waals surface area contributed by atoms with Gasteiger partial charge in [-0.1, -0.05) is 0 Å². The summed E-state index contributed by atoms with van der Waals surface area (Å²) in [6.07, 6.45) is 0. The molecular formula is C14H20N2O2. The van der Waals surface area contributed by atoms with Crippen molar-refractivity contribution in [3.8, 4) is 0 Å². The average Bonchev–Trinajstić information content (AvgIpc) is 2.37. The fourth-order valence-electron chi connectivity index (χ4n) is 2.46. The summed E-state index contributed by atoms with van der Waals surface area (Å²) in [5, 5.41) is 3.50. The molecule has 98 valence electrons. The highest BCUT2D eigenvalue weighted by Gasteiger charge is 2.21. The third kappa shape index (κ3) is 2.82. The van der Waals surface area contributed by atoms with Crippen LogP contribution in [-0.4, -0.2) is 38.3 Å². The standard InChI is InChI=1S/C14H20N2O2/c1-10-8-16(9-11(2)15-10)13-6-4-12(5-7-13)14(17)18-3/h4-7,10-11,15H,8-9H2,1-3H3/t10-,11-/m0/s1. The van der Waals surface area contributed by atoms with E-state index in [2.05, 4.69) is 24.1 Å². The summed E-state index contributed by atoms with van der Waals surface area (Å²) >= 11 is 0. The molecule has 1 aromatic rings. The number of nitrogens with one attached hydrogen (secondary N) is 1. The molecule has 2 atom stereocenters. The summed E-state index contributed by atoms with van der Waals surface area (Å²) in [7, 11) is 1.40. The van der Waals surface area contributed by atoms with Crippen molar-refractivity contribution < 1.29 is 9.53 Å². The van der Waals surface area contributed by atoms with E-state index < -0.39 is 0 Å². The Balaban J connectivity index is 2.11. The summed E-state index contributed by atoms with van der Waals surface area (Å²) in [6.45, 7) is 6.35. The number of carbonyl (C=O) groups is 1. The molecule has 1 aliphatic heterocycles. The molecule has 1 saturated heterocycles. The summed E-state index contributed by atoms with van der Waals surface area (Å²) in [5.41, 5.74) is 1.75. The zero-order valence-corrected chi connectivity index (χ0v) is 11.1. The van der Waals surface area contributed by atoms with Crippen molar-refractivity contribution in [2.75, 3.05) is 25.1 Å². The van der Waals surface area contributed by atoms with Gasteiger partial charge in [0, 0.05) is 30.9 Å². The number of esters is 1. The second-order valence-corrected chi connectivity index (χ2v) is 4.91. The zero-order valence-electron chi connectivity index (χ0n) is 11.1. The number of carbonyl (C=O) groups excluding carboxylic acids is 1. The van der Waals surface area contributed by atoms with Gasteiger partial charge in [-0.2, -0.15) is 0 Å². The van der Waals surface area contributed by atoms with Crippen LogP contribution in [-0.2, 0) is 4.74 Å². The van der Waals surface area contributed by atoms with Gasteiger partial charge in [0.15, 0.2) is 0 Å². The predicted octanol–water partition coefficient (Wildman–Crippen LogP) is 1.66. The van der Waals surface area contributed by atoms with Crippen LogP contribution < -0.4 is 10.2 Å². The molecule has 4 nitrogen and oxygen atoms in total. The van der Waals surface area contributed by atoms with Crippen molar-refractivity contribution in [3.05, 3.63) is 29.8 Å². The van der Waals surface area contributed by atoms with Gasteiger partial charge in [-0.15, -0.1) is 0 Å². The van der Waals surface area contributed by atoms with E-state index in [0.29, 0.717) is 17.6 Å². The number of methoxy groups -OCH3 is 1. The third-order valence-corrected chi connectivity index (χ3v) is 3.21. The van der Waals surface area contributed by atoms with E-state index in [9.17, 15) is 4.79 Å². The van der Waals surface area contributed by atoms with Crippen molar-refractivity contribution in [2.24, 2.45) is 0 Å². The maximum Gasteiger partial charge on any atom is 0.337 e. The number of hydrogen-bond donors (Lipinski definition) is 1. The molecule has 0 aromatic heterocycles. The maximum absolute atomic E-state index is 11.4. The van der Waals surface area contributed by atoms with Gasteiger partial charge in [-0.3, -0.25) is 0 Å². The molecule has 18 heavy (non-hydrogen) atoms. The lowest BCUT2D eigenvalue weighted by Gasteiger charge is -2.37. The van der Waals surface area contributed by atoms with Gasteiger partial charge < -0.3 is 15.0 Å². The van der Waals surface area contributed by atoms with E-state index in [0.717, 1.165) is 18.8 Å². The van der Waals surface area contributed by atoms with Gasteiger partial charge in [-0.05, 0) is 38.1 Å². The summed E-state index contributed by atoms with van der Waals surface area (Å²) in [6, 6.07) is 8.56. The Kier molecular flexibility index (Phi) is 3.87. The Morgan fingerprint density at radius 2 is 1.78 bits per heavy atom. The minimum absolute atomic E-state index is 0.288. The molecule has 0 aliphatic carbocycles. The lowest BCUT2D eigenvalue weighted by atomic mass is 10.1. The molecule has 0 amide bonds. The topological polar surface area (TPSA) is 41.6 Å². The second kappa shape index (κ2) is 5.40. The molecule has 0 radical (unpaired) electrons. The van der Waals surface area contributed by atoms with E-state index >= 15 is 0 Å². The first kappa shape index (κ1) is 12.9. The minimum atomic E-state index is -0.288. The van der Waals surface area contributed by atoms with E-state index in [-0.39, 0.29) is 5.97 Å². The highest BCUT2D eigenvalue weighted by Crippen LogP contribution is 2.18. The highest BCUT2D eigenvalue weighted by atomic mass is 16.5. The predicted molar refractivity (Wildman–Crippen MR) is 72.1 cm³/mol. The lowest BCUT2D eigenvalue weighted by molar-refractivity contribution is 0.0601. The van der Waals surface area contributed by atoms with Crippen LogP contribution in [0.5, 0.6) is 0 Å². The van der Waals surface area contributed by atoms with Gasteiger partial charge in [0.2, 0.25) is 0 Å². The smallest absolute Gasteiger partial charge is 0.337 e. The average molecular weight is 248 g/mol. The van der Waals surface area contributed by atoms with Crippen LogP contribution in [0.2, 0.25) is 0 Å². The molecule has 1 heterocycles. The quantitative estimate of drug-likeness (QED) is 0.808. The number of piperazine rings is 1. The number of ether oxygens (including phenoxy) is 1. The van der Waals surface area contributed by atoms with Crippen LogP contribution in [0.3, 0.4) is 0 Å². The van der Waals surface area contributed by atoms with Crippen LogP contribution in [0.1, 0.15) is 24.2 Å². The van der Waals surface area contributed by atoms with E-state index in [1.165, 1.54) is 7.11 Å². The molecule has 0 unspecified atom stereocenters. The second-order valence-electron chi connectivity index (χ2n) is 4.91. The normalized spacial score (nSPS) is 23.8. The van der Waals surface area contributed by atoms with Crippen molar-refractivity contribution in [3.63, 3.8) is 0 Å². The van der Waals surface area contributed by atoms with Crippen molar-refractivity contribution in [2.45, 2.75) is 25.9 Å². The van der Waals surface area contributed by atoms with Gasteiger partial charge in [0.25, 0.3) is 0 Å². The fraction of sp³-hybridized carbons (Fsp3) is 0.500. The first-order chi connectivity index (χ1) is 8.60. The lowest BCUT2D eigenvalue weighted by Crippen LogP contribution is -2.54. The van der Waals surface area contributed by atoms with E-state index in [1.54, 1.807) is 0 Å². The summed E-state index contributed by atoms with van der Waals surface area (Å²) < 4.78 is 4.69. The molecule has 0 spiro atoms. The number of benzene rings is 1. The molecule has 4 heteroatoms. The molecule has 1 aromatic carbocycles. The SMILES string of the molecule is COC(=O)c1ccc(N2C[C@H](C)N[C@@H](C)C2)cc1. The van der Waals surface area contributed by atoms with Crippen molar-refractivity contribution in [1.29, 1.82) is 0 Å². The fourth-order valence-corrected chi connectivity index (χ4v) is 2.46. The molecule has 1 aliphatic rings. The Morgan fingerprint density at radius 1 is 1.22 bits per heavy atom. The van der Waals surface area contributed by atoms with Crippen LogP contribution >= 0.6 is 0 Å². The number of nitrogens with zero attached hydrogens (tertiary/aromatic N) is 1. The van der Waals surface area contributed by atoms with Crippen LogP contribution in [0.15, 0.2) is 24.3 Å². The zero-order chi connectivity index (χ0) is 13.1. The first-order valence-electron chi connectivity index (χ1n) is 6.29. The molecule has 0 bridgehead atoms. The van der Waals surface area contributed by atoms with Crippen LogP contribution in [0.25, 0.3) is 0 Å². The van der Waals surface area contributed by atoms with E-state index in [1.807, 2.05) is 24.3 Å². The van der Waals surface area contributed by atoms with Crippen molar-refractivity contribution >= 4 is 11.7 Å². The highest BCUT2D eigenvalue weighted by molar-refractivity contribution is 5.89. The molecule has 0 saturated carbocycles. The monoisotopic (exact) mass is 248 g/mol. The van der Waals surface area contributed by atoms with Crippen LogP contribution in [0.4, 0.5) is 5.69 Å².